The number of hydrogen-bond acceptors (Lipinski definition) is 6. The number of halogens is 1. The van der Waals surface area contributed by atoms with Crippen molar-refractivity contribution in [1.82, 2.24) is 10.3 Å². The summed E-state index contributed by atoms with van der Waals surface area (Å²) in [5.74, 6) is -0.857. The van der Waals surface area contributed by atoms with E-state index in [0.29, 0.717) is 27.0 Å². The predicted octanol–water partition coefficient (Wildman–Crippen LogP) is 7.91. The molecule has 5 aromatic rings. The van der Waals surface area contributed by atoms with Crippen LogP contribution in [0.5, 0.6) is 0 Å². The monoisotopic (exact) mass is 638 g/mol. The summed E-state index contributed by atoms with van der Waals surface area (Å²) < 4.78 is 0. The first-order chi connectivity index (χ1) is 21.3. The Balaban J connectivity index is 1.19. The molecule has 3 N–H and O–H groups in total. The summed E-state index contributed by atoms with van der Waals surface area (Å²) >= 11 is 8.82. The van der Waals surface area contributed by atoms with Gasteiger partial charge in [0.1, 0.15) is 5.70 Å². The maximum absolute atomic E-state index is 13.3. The minimum Gasteiger partial charge on any atom is -0.321 e. The Bertz CT molecular complexity index is 1790. The van der Waals surface area contributed by atoms with Gasteiger partial charge < -0.3 is 16.0 Å². The molecule has 4 aromatic carbocycles. The Morgan fingerprint density at radius 2 is 1.50 bits per heavy atom. The SMILES string of the molecule is Cc1sc(NC(=O)CSc2ccc(NC(=O)/C(=C/c3ccc(Cl)cc3)NC(=O)c3ccccc3)cc2)nc1-c1ccccc1. The molecular weight excluding hydrogens is 612 g/mol. The smallest absolute Gasteiger partial charge is 0.272 e. The molecule has 0 saturated heterocycles. The van der Waals surface area contributed by atoms with Crippen molar-refractivity contribution in [3.63, 3.8) is 0 Å². The Morgan fingerprint density at radius 1 is 0.841 bits per heavy atom. The van der Waals surface area contributed by atoms with Crippen LogP contribution in [0.1, 0.15) is 20.8 Å². The molecule has 10 heteroatoms. The number of hydrogen-bond donors (Lipinski definition) is 3. The van der Waals surface area contributed by atoms with E-state index < -0.39 is 11.8 Å². The van der Waals surface area contributed by atoms with Gasteiger partial charge in [-0.05, 0) is 67.1 Å². The summed E-state index contributed by atoms with van der Waals surface area (Å²) in [6.45, 7) is 1.98. The van der Waals surface area contributed by atoms with Crippen LogP contribution >= 0.6 is 34.7 Å². The van der Waals surface area contributed by atoms with E-state index in [4.69, 9.17) is 11.6 Å². The second-order valence-electron chi connectivity index (χ2n) is 9.53. The summed E-state index contributed by atoms with van der Waals surface area (Å²) in [4.78, 5) is 45.2. The van der Waals surface area contributed by atoms with E-state index in [1.807, 2.05) is 55.5 Å². The van der Waals surface area contributed by atoms with Crippen LogP contribution in [0.25, 0.3) is 17.3 Å². The van der Waals surface area contributed by atoms with Crippen molar-refractivity contribution in [3.8, 4) is 11.3 Å². The molecule has 3 amide bonds. The second kappa shape index (κ2) is 14.7. The number of amides is 3. The molecule has 0 spiro atoms. The molecule has 0 unspecified atom stereocenters. The number of nitrogens with one attached hydrogen (secondary N) is 3. The minimum atomic E-state index is -0.488. The molecule has 0 aliphatic heterocycles. The van der Waals surface area contributed by atoms with Crippen LogP contribution in [0.2, 0.25) is 5.02 Å². The van der Waals surface area contributed by atoms with Crippen LogP contribution in [0.3, 0.4) is 0 Å². The lowest BCUT2D eigenvalue weighted by molar-refractivity contribution is -0.114. The molecule has 0 fully saturated rings. The number of benzene rings is 4. The molecule has 0 radical (unpaired) electrons. The lowest BCUT2D eigenvalue weighted by Gasteiger charge is -2.12. The van der Waals surface area contributed by atoms with Crippen LogP contribution < -0.4 is 16.0 Å². The second-order valence-corrected chi connectivity index (χ2v) is 12.2. The van der Waals surface area contributed by atoms with Crippen LogP contribution in [0.15, 0.2) is 120 Å². The van der Waals surface area contributed by atoms with Gasteiger partial charge in [-0.1, -0.05) is 72.3 Å². The van der Waals surface area contributed by atoms with E-state index in [0.717, 1.165) is 21.0 Å². The van der Waals surface area contributed by atoms with Crippen LogP contribution in [0, 0.1) is 6.92 Å². The molecule has 5 rings (SSSR count). The summed E-state index contributed by atoms with van der Waals surface area (Å²) in [6, 6.07) is 32.6. The molecule has 1 aromatic heterocycles. The zero-order valence-corrected chi connectivity index (χ0v) is 25.9. The minimum absolute atomic E-state index is 0.0733. The molecular formula is C34H27ClN4O3S2. The fourth-order valence-electron chi connectivity index (χ4n) is 4.12. The fraction of sp³-hybridized carbons (Fsp3) is 0.0588. The lowest BCUT2D eigenvalue weighted by Crippen LogP contribution is -2.30. The highest BCUT2D eigenvalue weighted by molar-refractivity contribution is 8.00. The van der Waals surface area contributed by atoms with E-state index in [1.54, 1.807) is 66.7 Å². The number of thioether (sulfide) groups is 1. The average Bonchev–Trinajstić information content (AvgIpc) is 3.41. The van der Waals surface area contributed by atoms with Crippen molar-refractivity contribution in [2.24, 2.45) is 0 Å². The van der Waals surface area contributed by atoms with Crippen molar-refractivity contribution in [1.29, 1.82) is 0 Å². The largest absolute Gasteiger partial charge is 0.321 e. The third-order valence-corrected chi connectivity index (χ3v) is 8.43. The Hall–Kier alpha value is -4.70. The Morgan fingerprint density at radius 3 is 2.18 bits per heavy atom. The third-order valence-electron chi connectivity index (χ3n) is 6.28. The predicted molar refractivity (Wildman–Crippen MR) is 180 cm³/mol. The normalized spacial score (nSPS) is 11.1. The molecule has 0 aliphatic carbocycles. The van der Waals surface area contributed by atoms with Gasteiger partial charge in [0, 0.05) is 31.6 Å². The third kappa shape index (κ3) is 8.44. The maximum Gasteiger partial charge on any atom is 0.272 e. The number of aryl methyl sites for hydroxylation is 1. The number of nitrogens with zero attached hydrogens (tertiary/aromatic N) is 1. The van der Waals surface area contributed by atoms with E-state index >= 15 is 0 Å². The summed E-state index contributed by atoms with van der Waals surface area (Å²) in [6.07, 6.45) is 1.59. The molecule has 220 valence electrons. The number of anilines is 2. The standard InChI is InChI=1S/C34H27ClN4O3S2/c1-22-31(24-8-4-2-5-9-24)39-34(44-22)38-30(40)21-43-28-18-16-27(17-19-28)36-33(42)29(20-23-12-14-26(35)15-13-23)37-32(41)25-10-6-3-7-11-25/h2-20H,21H2,1H3,(H,36,42)(H,37,41)(H,38,39,40)/b29-20-. The molecule has 44 heavy (non-hydrogen) atoms. The first kappa shape index (κ1) is 30.7. The summed E-state index contributed by atoms with van der Waals surface area (Å²) in [7, 11) is 0. The highest BCUT2D eigenvalue weighted by Crippen LogP contribution is 2.30. The quantitative estimate of drug-likeness (QED) is 0.107. The van der Waals surface area contributed by atoms with Crippen molar-refractivity contribution >= 4 is 69.3 Å². The summed E-state index contributed by atoms with van der Waals surface area (Å²) in [5, 5.41) is 9.56. The number of thiazole rings is 1. The van der Waals surface area contributed by atoms with Gasteiger partial charge >= 0.3 is 0 Å². The Labute approximate surface area is 268 Å². The van der Waals surface area contributed by atoms with Crippen molar-refractivity contribution < 1.29 is 14.4 Å². The number of aromatic nitrogens is 1. The fourth-order valence-corrected chi connectivity index (χ4v) is 5.80. The number of rotatable bonds is 10. The molecule has 0 saturated carbocycles. The average molecular weight is 639 g/mol. The number of carbonyl (C=O) groups is 3. The van der Waals surface area contributed by atoms with Gasteiger partial charge in [-0.25, -0.2) is 4.98 Å². The first-order valence-electron chi connectivity index (χ1n) is 13.5. The van der Waals surface area contributed by atoms with Gasteiger partial charge in [0.05, 0.1) is 11.4 Å². The molecule has 0 aliphatic rings. The van der Waals surface area contributed by atoms with Gasteiger partial charge in [-0.15, -0.1) is 23.1 Å². The van der Waals surface area contributed by atoms with Gasteiger partial charge in [0.25, 0.3) is 11.8 Å². The lowest BCUT2D eigenvalue weighted by atomic mass is 10.1. The molecule has 0 atom stereocenters. The molecule has 1 heterocycles. The molecule has 0 bridgehead atoms. The van der Waals surface area contributed by atoms with Crippen molar-refractivity contribution in [2.75, 3.05) is 16.4 Å². The van der Waals surface area contributed by atoms with E-state index in [-0.39, 0.29) is 17.4 Å². The van der Waals surface area contributed by atoms with Gasteiger partial charge in [0.2, 0.25) is 5.91 Å². The highest BCUT2D eigenvalue weighted by Gasteiger charge is 2.16. The van der Waals surface area contributed by atoms with Crippen LogP contribution in [-0.4, -0.2) is 28.5 Å². The zero-order valence-electron chi connectivity index (χ0n) is 23.5. The first-order valence-corrected chi connectivity index (χ1v) is 15.7. The van der Waals surface area contributed by atoms with E-state index in [2.05, 4.69) is 20.9 Å². The number of carbonyl (C=O) groups excluding carboxylic acids is 3. The van der Waals surface area contributed by atoms with Crippen molar-refractivity contribution in [2.45, 2.75) is 11.8 Å². The van der Waals surface area contributed by atoms with E-state index in [9.17, 15) is 14.4 Å². The topological polar surface area (TPSA) is 100 Å². The van der Waals surface area contributed by atoms with Crippen molar-refractivity contribution in [3.05, 3.63) is 136 Å². The zero-order chi connectivity index (χ0) is 30.9. The highest BCUT2D eigenvalue weighted by atomic mass is 35.5. The summed E-state index contributed by atoms with van der Waals surface area (Å²) in [5.41, 5.74) is 3.60. The van der Waals surface area contributed by atoms with E-state index in [1.165, 1.54) is 23.1 Å². The molecule has 7 nitrogen and oxygen atoms in total. The van der Waals surface area contributed by atoms with Crippen LogP contribution in [0.4, 0.5) is 10.8 Å². The van der Waals surface area contributed by atoms with Gasteiger partial charge in [-0.3, -0.25) is 14.4 Å². The Kier molecular flexibility index (Phi) is 10.2. The van der Waals surface area contributed by atoms with Crippen LogP contribution in [-0.2, 0) is 9.59 Å². The van der Waals surface area contributed by atoms with Gasteiger partial charge in [0.15, 0.2) is 5.13 Å². The maximum atomic E-state index is 13.3. The van der Waals surface area contributed by atoms with Gasteiger partial charge in [-0.2, -0.15) is 0 Å².